The van der Waals surface area contributed by atoms with Gasteiger partial charge in [-0.2, -0.15) is 0 Å². The van der Waals surface area contributed by atoms with Gasteiger partial charge in [-0.25, -0.2) is 0 Å². The Labute approximate surface area is 120 Å². The molecular formula is C17H18ClO. The minimum Gasteiger partial charge on any atom is -0.486 e. The summed E-state index contributed by atoms with van der Waals surface area (Å²) in [6, 6.07) is 16.2. The number of hydrogen-bond acceptors (Lipinski definition) is 1. The molecule has 19 heavy (non-hydrogen) atoms. The highest BCUT2D eigenvalue weighted by atomic mass is 35.5. The maximum atomic E-state index is 6.02. The summed E-state index contributed by atoms with van der Waals surface area (Å²) in [6.07, 6.45) is 0.683. The molecule has 0 bridgehead atoms. The van der Waals surface area contributed by atoms with Crippen LogP contribution in [0.1, 0.15) is 29.2 Å². The average molecular weight is 274 g/mol. The molecule has 2 aromatic rings. The maximum Gasteiger partial charge on any atom is 0.124 e. The van der Waals surface area contributed by atoms with Crippen LogP contribution in [0.4, 0.5) is 0 Å². The van der Waals surface area contributed by atoms with Gasteiger partial charge in [0.2, 0.25) is 0 Å². The largest absolute Gasteiger partial charge is 0.486 e. The molecule has 0 amide bonds. The first-order valence-corrected chi connectivity index (χ1v) is 6.94. The molecule has 99 valence electrons. The Hall–Kier alpha value is -1.47. The molecule has 2 heteroatoms. The van der Waals surface area contributed by atoms with E-state index in [-0.39, 0.29) is 6.10 Å². The third-order valence-electron chi connectivity index (χ3n) is 3.17. The highest BCUT2D eigenvalue weighted by Gasteiger charge is 2.11. The van der Waals surface area contributed by atoms with Crippen LogP contribution in [-0.2, 0) is 5.88 Å². The van der Waals surface area contributed by atoms with E-state index >= 15 is 0 Å². The van der Waals surface area contributed by atoms with Gasteiger partial charge in [-0.3, -0.25) is 0 Å². The van der Waals surface area contributed by atoms with Gasteiger partial charge in [0, 0.05) is 5.88 Å². The number of ether oxygens (including phenoxy) is 1. The lowest BCUT2D eigenvalue weighted by Crippen LogP contribution is -2.06. The van der Waals surface area contributed by atoms with Gasteiger partial charge in [-0.05, 0) is 49.1 Å². The van der Waals surface area contributed by atoms with Crippen LogP contribution >= 0.6 is 11.6 Å². The molecule has 2 aromatic carbocycles. The summed E-state index contributed by atoms with van der Waals surface area (Å²) in [5, 5.41) is 0. The van der Waals surface area contributed by atoms with Gasteiger partial charge in [0.1, 0.15) is 11.9 Å². The van der Waals surface area contributed by atoms with Crippen LogP contribution in [0.3, 0.4) is 0 Å². The number of rotatable bonds is 5. The first kappa shape index (κ1) is 14.0. The molecule has 0 heterocycles. The summed E-state index contributed by atoms with van der Waals surface area (Å²) in [7, 11) is 0. The number of benzene rings is 2. The third-order valence-corrected chi connectivity index (χ3v) is 3.46. The van der Waals surface area contributed by atoms with Gasteiger partial charge in [0.05, 0.1) is 0 Å². The molecule has 0 spiro atoms. The van der Waals surface area contributed by atoms with Gasteiger partial charge in [-0.15, -0.1) is 11.6 Å². The Balaban J connectivity index is 2.17. The Morgan fingerprint density at radius 1 is 1.16 bits per heavy atom. The van der Waals surface area contributed by atoms with Gasteiger partial charge in [0.25, 0.3) is 0 Å². The van der Waals surface area contributed by atoms with Crippen molar-refractivity contribution in [1.29, 1.82) is 0 Å². The van der Waals surface area contributed by atoms with E-state index in [9.17, 15) is 0 Å². The zero-order valence-electron chi connectivity index (χ0n) is 11.1. The standard InChI is InChI=1S/C17H18ClO/c1-3-17(14-7-5-4-6-8-14)19-16-10-9-15(12-18)13(2)11-16/h4-11,17H,1,3,12H2,2H3/t17-/m0/s1. The lowest BCUT2D eigenvalue weighted by atomic mass is 10.1. The van der Waals surface area contributed by atoms with Crippen LogP contribution in [0.15, 0.2) is 48.5 Å². The molecule has 0 N–H and O–H groups in total. The molecule has 1 atom stereocenters. The molecule has 0 aromatic heterocycles. The van der Waals surface area contributed by atoms with Crippen molar-refractivity contribution in [2.24, 2.45) is 0 Å². The van der Waals surface area contributed by atoms with Gasteiger partial charge < -0.3 is 4.74 Å². The Morgan fingerprint density at radius 3 is 2.47 bits per heavy atom. The van der Waals surface area contributed by atoms with Crippen molar-refractivity contribution in [1.82, 2.24) is 0 Å². The summed E-state index contributed by atoms with van der Waals surface area (Å²) >= 11 is 5.86. The maximum absolute atomic E-state index is 6.02. The van der Waals surface area contributed by atoms with Crippen LogP contribution in [-0.4, -0.2) is 0 Å². The second kappa shape index (κ2) is 6.63. The van der Waals surface area contributed by atoms with Crippen LogP contribution in [0, 0.1) is 13.8 Å². The zero-order valence-corrected chi connectivity index (χ0v) is 11.9. The SMILES string of the molecule is [CH2]C[C@H](Oc1ccc(CCl)c(C)c1)c1ccccc1. The molecule has 0 saturated carbocycles. The van der Waals surface area contributed by atoms with Crippen molar-refractivity contribution in [3.63, 3.8) is 0 Å². The van der Waals surface area contributed by atoms with Crippen LogP contribution in [0.5, 0.6) is 5.75 Å². The number of halogens is 1. The molecule has 0 aliphatic rings. The minimum absolute atomic E-state index is 0.0116. The van der Waals surface area contributed by atoms with Crippen molar-refractivity contribution in [3.8, 4) is 5.75 Å². The molecule has 0 aliphatic heterocycles. The number of alkyl halides is 1. The summed E-state index contributed by atoms with van der Waals surface area (Å²) in [4.78, 5) is 0. The predicted octanol–water partition coefficient (Wildman–Crippen LogP) is 5.08. The monoisotopic (exact) mass is 273 g/mol. The highest BCUT2D eigenvalue weighted by Crippen LogP contribution is 2.26. The predicted molar refractivity (Wildman–Crippen MR) is 80.5 cm³/mol. The van der Waals surface area contributed by atoms with Crippen molar-refractivity contribution < 1.29 is 4.74 Å². The molecule has 1 nitrogen and oxygen atoms in total. The van der Waals surface area contributed by atoms with E-state index in [1.54, 1.807) is 0 Å². The fourth-order valence-corrected chi connectivity index (χ4v) is 2.32. The lowest BCUT2D eigenvalue weighted by molar-refractivity contribution is 0.208. The fraction of sp³-hybridized carbons (Fsp3) is 0.235. The van der Waals surface area contributed by atoms with Gasteiger partial charge in [-0.1, -0.05) is 36.4 Å². The van der Waals surface area contributed by atoms with Crippen molar-refractivity contribution in [2.45, 2.75) is 25.3 Å². The summed E-state index contributed by atoms with van der Waals surface area (Å²) in [6.45, 7) is 6.02. The highest BCUT2D eigenvalue weighted by molar-refractivity contribution is 6.17. The van der Waals surface area contributed by atoms with Crippen molar-refractivity contribution >= 4 is 11.6 Å². The molecule has 2 rings (SSSR count). The molecule has 0 saturated heterocycles. The van der Waals surface area contributed by atoms with Crippen molar-refractivity contribution in [3.05, 3.63) is 72.1 Å². The smallest absolute Gasteiger partial charge is 0.124 e. The zero-order chi connectivity index (χ0) is 13.7. The van der Waals surface area contributed by atoms with E-state index < -0.39 is 0 Å². The van der Waals surface area contributed by atoms with E-state index in [1.807, 2.05) is 43.3 Å². The Bertz CT molecular complexity index is 522. The Kier molecular flexibility index (Phi) is 4.86. The molecule has 0 aliphatic carbocycles. The minimum atomic E-state index is -0.0116. The molecule has 0 unspecified atom stereocenters. The summed E-state index contributed by atoms with van der Waals surface area (Å²) < 4.78 is 6.02. The van der Waals surface area contributed by atoms with Crippen LogP contribution in [0.25, 0.3) is 0 Å². The third kappa shape index (κ3) is 3.51. The topological polar surface area (TPSA) is 9.23 Å². The fourth-order valence-electron chi connectivity index (χ4n) is 2.02. The normalized spacial score (nSPS) is 12.2. The lowest BCUT2D eigenvalue weighted by Gasteiger charge is -2.18. The average Bonchev–Trinajstić information content (AvgIpc) is 2.46. The van der Waals surface area contributed by atoms with Crippen LogP contribution < -0.4 is 4.74 Å². The second-order valence-electron chi connectivity index (χ2n) is 4.53. The Morgan fingerprint density at radius 2 is 1.89 bits per heavy atom. The van der Waals surface area contributed by atoms with E-state index in [0.29, 0.717) is 12.3 Å². The van der Waals surface area contributed by atoms with E-state index in [0.717, 1.165) is 22.4 Å². The van der Waals surface area contributed by atoms with E-state index in [4.69, 9.17) is 16.3 Å². The van der Waals surface area contributed by atoms with E-state index in [2.05, 4.69) is 19.1 Å². The van der Waals surface area contributed by atoms with Gasteiger partial charge >= 0.3 is 0 Å². The molecule has 1 radical (unpaired) electrons. The molecular weight excluding hydrogens is 256 g/mol. The summed E-state index contributed by atoms with van der Waals surface area (Å²) in [5.41, 5.74) is 3.44. The number of aryl methyl sites for hydroxylation is 1. The second-order valence-corrected chi connectivity index (χ2v) is 4.80. The number of hydrogen-bond donors (Lipinski definition) is 0. The first-order chi connectivity index (χ1) is 9.24. The van der Waals surface area contributed by atoms with Gasteiger partial charge in [0.15, 0.2) is 0 Å². The van der Waals surface area contributed by atoms with E-state index in [1.165, 1.54) is 0 Å². The van der Waals surface area contributed by atoms with Crippen LogP contribution in [0.2, 0.25) is 0 Å². The molecule has 0 fully saturated rings. The van der Waals surface area contributed by atoms with Crippen molar-refractivity contribution in [2.75, 3.05) is 0 Å². The summed E-state index contributed by atoms with van der Waals surface area (Å²) in [5.74, 6) is 1.40. The quantitative estimate of drug-likeness (QED) is 0.691. The first-order valence-electron chi connectivity index (χ1n) is 6.41.